The van der Waals surface area contributed by atoms with E-state index >= 15 is 0 Å². The van der Waals surface area contributed by atoms with Gasteiger partial charge in [0.2, 0.25) is 5.91 Å². The molecular formula is C25H33N3O. The topological polar surface area (TPSA) is 26.8 Å². The Morgan fingerprint density at radius 1 is 0.724 bits per heavy atom. The number of nitrogens with zero attached hydrogens (tertiary/aromatic N) is 3. The lowest BCUT2D eigenvalue weighted by Crippen LogP contribution is -2.50. The van der Waals surface area contributed by atoms with Gasteiger partial charge in [-0.2, -0.15) is 0 Å². The minimum Gasteiger partial charge on any atom is -0.342 e. The summed E-state index contributed by atoms with van der Waals surface area (Å²) in [7, 11) is 0. The molecule has 0 aromatic heterocycles. The fraction of sp³-hybridized carbons (Fsp3) is 0.480. The fourth-order valence-electron chi connectivity index (χ4n) is 4.57. The van der Waals surface area contributed by atoms with Gasteiger partial charge in [0.15, 0.2) is 0 Å². The number of piperidine rings is 1. The van der Waals surface area contributed by atoms with Crippen molar-refractivity contribution in [2.24, 2.45) is 5.92 Å². The summed E-state index contributed by atoms with van der Waals surface area (Å²) in [6, 6.07) is 21.4. The van der Waals surface area contributed by atoms with Crippen LogP contribution >= 0.6 is 0 Å². The molecule has 2 heterocycles. The zero-order valence-corrected chi connectivity index (χ0v) is 17.4. The molecule has 0 radical (unpaired) electrons. The van der Waals surface area contributed by atoms with Crippen LogP contribution in [0.3, 0.4) is 0 Å². The highest BCUT2D eigenvalue weighted by atomic mass is 16.2. The Hall–Kier alpha value is -2.17. The van der Waals surface area contributed by atoms with Crippen molar-refractivity contribution in [2.75, 3.05) is 45.8 Å². The van der Waals surface area contributed by atoms with Crippen LogP contribution in [0.5, 0.6) is 0 Å². The number of hydrogen-bond acceptors (Lipinski definition) is 3. The third-order valence-electron chi connectivity index (χ3n) is 6.41. The van der Waals surface area contributed by atoms with Crippen molar-refractivity contribution in [2.45, 2.75) is 25.8 Å². The molecule has 2 aliphatic heterocycles. The van der Waals surface area contributed by atoms with Crippen LogP contribution in [-0.2, 0) is 17.8 Å². The molecule has 0 spiro atoms. The molecule has 2 aromatic rings. The lowest BCUT2D eigenvalue weighted by atomic mass is 9.90. The van der Waals surface area contributed by atoms with Crippen molar-refractivity contribution in [3.05, 3.63) is 71.8 Å². The second-order valence-corrected chi connectivity index (χ2v) is 8.55. The largest absolute Gasteiger partial charge is 0.342 e. The van der Waals surface area contributed by atoms with Crippen molar-refractivity contribution in [3.63, 3.8) is 0 Å². The van der Waals surface area contributed by atoms with Gasteiger partial charge in [-0.05, 0) is 36.3 Å². The molecule has 4 heteroatoms. The molecule has 2 fully saturated rings. The van der Waals surface area contributed by atoms with Gasteiger partial charge in [-0.25, -0.2) is 0 Å². The molecule has 4 rings (SSSR count). The molecule has 2 saturated heterocycles. The Bertz CT molecular complexity index is 748. The maximum absolute atomic E-state index is 12.8. The molecule has 29 heavy (non-hydrogen) atoms. The first-order valence-corrected chi connectivity index (χ1v) is 11.1. The molecule has 0 N–H and O–H groups in total. The normalized spacial score (nSPS) is 19.4. The van der Waals surface area contributed by atoms with Crippen molar-refractivity contribution in [3.8, 4) is 0 Å². The highest BCUT2D eigenvalue weighted by Crippen LogP contribution is 2.22. The van der Waals surface area contributed by atoms with E-state index in [-0.39, 0.29) is 0 Å². The van der Waals surface area contributed by atoms with E-state index in [4.69, 9.17) is 0 Å². The van der Waals surface area contributed by atoms with E-state index < -0.39 is 0 Å². The van der Waals surface area contributed by atoms with Crippen LogP contribution < -0.4 is 0 Å². The van der Waals surface area contributed by atoms with E-state index in [1.807, 2.05) is 0 Å². The van der Waals surface area contributed by atoms with Gasteiger partial charge in [-0.1, -0.05) is 60.7 Å². The van der Waals surface area contributed by atoms with Gasteiger partial charge < -0.3 is 4.90 Å². The average molecular weight is 392 g/mol. The molecule has 0 aliphatic carbocycles. The highest BCUT2D eigenvalue weighted by molar-refractivity contribution is 5.78. The highest BCUT2D eigenvalue weighted by Gasteiger charge is 2.25. The van der Waals surface area contributed by atoms with Crippen molar-refractivity contribution in [1.82, 2.24) is 14.7 Å². The predicted octanol–water partition coefficient (Wildman–Crippen LogP) is 3.29. The molecule has 4 nitrogen and oxygen atoms in total. The van der Waals surface area contributed by atoms with Crippen molar-refractivity contribution >= 4 is 5.91 Å². The van der Waals surface area contributed by atoms with Gasteiger partial charge in [0.25, 0.3) is 0 Å². The lowest BCUT2D eigenvalue weighted by molar-refractivity contribution is -0.134. The van der Waals surface area contributed by atoms with Crippen LogP contribution in [0.4, 0.5) is 0 Å². The van der Waals surface area contributed by atoms with Gasteiger partial charge in [0.05, 0.1) is 6.54 Å². The molecule has 2 aromatic carbocycles. The molecule has 0 saturated carbocycles. The number of carbonyl (C=O) groups excluding carboxylic acids is 1. The summed E-state index contributed by atoms with van der Waals surface area (Å²) in [5, 5.41) is 0. The van der Waals surface area contributed by atoms with Crippen LogP contribution in [0.2, 0.25) is 0 Å². The van der Waals surface area contributed by atoms with Crippen LogP contribution in [-0.4, -0.2) is 66.4 Å². The monoisotopic (exact) mass is 391 g/mol. The summed E-state index contributed by atoms with van der Waals surface area (Å²) in [5.41, 5.74) is 2.79. The van der Waals surface area contributed by atoms with E-state index in [9.17, 15) is 4.79 Å². The second-order valence-electron chi connectivity index (χ2n) is 8.55. The Labute approximate surface area is 175 Å². The maximum atomic E-state index is 12.8. The fourth-order valence-corrected chi connectivity index (χ4v) is 4.57. The predicted molar refractivity (Wildman–Crippen MR) is 118 cm³/mol. The Kier molecular flexibility index (Phi) is 6.96. The minimum absolute atomic E-state index is 0.319. The van der Waals surface area contributed by atoms with E-state index in [2.05, 4.69) is 75.4 Å². The Morgan fingerprint density at radius 2 is 1.28 bits per heavy atom. The summed E-state index contributed by atoms with van der Waals surface area (Å²) in [4.78, 5) is 19.7. The third-order valence-corrected chi connectivity index (χ3v) is 6.41. The number of rotatable bonds is 6. The van der Waals surface area contributed by atoms with E-state index in [1.165, 1.54) is 11.1 Å². The van der Waals surface area contributed by atoms with Crippen LogP contribution in [0.15, 0.2) is 60.7 Å². The quantitative estimate of drug-likeness (QED) is 0.756. The smallest absolute Gasteiger partial charge is 0.236 e. The summed E-state index contributed by atoms with van der Waals surface area (Å²) < 4.78 is 0. The summed E-state index contributed by atoms with van der Waals surface area (Å²) in [5.74, 6) is 1.03. The number of likely N-dealkylation sites (tertiary alicyclic amines) is 1. The summed E-state index contributed by atoms with van der Waals surface area (Å²) >= 11 is 0. The first-order valence-electron chi connectivity index (χ1n) is 11.1. The molecule has 0 unspecified atom stereocenters. The first-order chi connectivity index (χ1) is 14.3. The number of amides is 1. The second kappa shape index (κ2) is 10.0. The van der Waals surface area contributed by atoms with Gasteiger partial charge in [0.1, 0.15) is 0 Å². The summed E-state index contributed by atoms with van der Waals surface area (Å²) in [6.45, 7) is 7.50. The van der Waals surface area contributed by atoms with E-state index in [0.29, 0.717) is 18.4 Å². The molecular weight excluding hydrogens is 358 g/mol. The van der Waals surface area contributed by atoms with Gasteiger partial charge in [-0.3, -0.25) is 14.6 Å². The SMILES string of the molecule is O=C(CN1CCN(Cc2ccccc2)CC1)N1CCC(Cc2ccccc2)CC1. The van der Waals surface area contributed by atoms with E-state index in [0.717, 1.165) is 65.1 Å². The standard InChI is InChI=1S/C25H33N3O/c29-25(28-13-11-23(12-14-28)19-22-7-3-1-4-8-22)21-27-17-15-26(16-18-27)20-24-9-5-2-6-10-24/h1-10,23H,11-21H2. The number of piperazine rings is 1. The first kappa shape index (κ1) is 20.1. The molecule has 0 bridgehead atoms. The third kappa shape index (κ3) is 5.91. The average Bonchev–Trinajstić information content (AvgIpc) is 2.77. The van der Waals surface area contributed by atoms with Crippen molar-refractivity contribution < 1.29 is 4.79 Å². The van der Waals surface area contributed by atoms with Crippen molar-refractivity contribution in [1.29, 1.82) is 0 Å². The molecule has 2 aliphatic rings. The summed E-state index contributed by atoms with van der Waals surface area (Å²) in [6.07, 6.45) is 3.41. The van der Waals surface area contributed by atoms with Crippen LogP contribution in [0.25, 0.3) is 0 Å². The number of hydrogen-bond donors (Lipinski definition) is 0. The van der Waals surface area contributed by atoms with Gasteiger partial charge in [0, 0.05) is 45.8 Å². The Morgan fingerprint density at radius 3 is 1.90 bits per heavy atom. The molecule has 0 atom stereocenters. The van der Waals surface area contributed by atoms with Gasteiger partial charge in [-0.15, -0.1) is 0 Å². The van der Waals surface area contributed by atoms with Gasteiger partial charge >= 0.3 is 0 Å². The zero-order chi connectivity index (χ0) is 19.9. The maximum Gasteiger partial charge on any atom is 0.236 e. The molecule has 154 valence electrons. The van der Waals surface area contributed by atoms with Crippen LogP contribution in [0, 0.1) is 5.92 Å². The number of carbonyl (C=O) groups is 1. The molecule has 1 amide bonds. The lowest BCUT2D eigenvalue weighted by Gasteiger charge is -2.37. The van der Waals surface area contributed by atoms with E-state index in [1.54, 1.807) is 0 Å². The minimum atomic E-state index is 0.319. The zero-order valence-electron chi connectivity index (χ0n) is 17.4. The number of benzene rings is 2. The van der Waals surface area contributed by atoms with Crippen LogP contribution in [0.1, 0.15) is 24.0 Å². The Balaban J connectivity index is 1.16.